The number of ether oxygens (including phenoxy) is 2. The van der Waals surface area contributed by atoms with Crippen LogP contribution in [-0.2, 0) is 19.1 Å². The number of amides is 1. The summed E-state index contributed by atoms with van der Waals surface area (Å²) in [4.78, 5) is 24.1. The average Bonchev–Trinajstić information content (AvgIpc) is 2.46. The van der Waals surface area contributed by atoms with Crippen LogP contribution in [0.15, 0.2) is 24.3 Å². The van der Waals surface area contributed by atoms with Crippen molar-refractivity contribution in [2.45, 2.75) is 45.4 Å². The maximum atomic E-state index is 12.1. The number of hydrogen-bond donors (Lipinski definition) is 2. The number of hydrogen-bond acceptors (Lipinski definition) is 5. The van der Waals surface area contributed by atoms with E-state index in [-0.39, 0.29) is 31.0 Å². The summed E-state index contributed by atoms with van der Waals surface area (Å²) in [7, 11) is 1.48. The highest BCUT2D eigenvalue weighted by atomic mass is 16.5. The number of benzene rings is 1. The van der Waals surface area contributed by atoms with Crippen molar-refractivity contribution in [2.24, 2.45) is 5.73 Å². The minimum Gasteiger partial charge on any atom is -0.463 e. The number of methoxy groups -OCH3 is 1. The van der Waals surface area contributed by atoms with Crippen LogP contribution in [0.25, 0.3) is 0 Å². The summed E-state index contributed by atoms with van der Waals surface area (Å²) in [6, 6.07) is 6.34. The van der Waals surface area contributed by atoms with E-state index in [0.29, 0.717) is 0 Å². The Hall–Kier alpha value is -1.92. The lowest BCUT2D eigenvalue weighted by Gasteiger charge is -2.21. The first-order valence-corrected chi connectivity index (χ1v) is 7.64. The van der Waals surface area contributed by atoms with Crippen LogP contribution in [0.3, 0.4) is 0 Å². The standard InChI is InChI=1S/C17H26N2O4/c1-11(2)23-16(20)9-15(13-7-5-12(3)6-8-13)19-17(21)14(18)10-22-4/h5-8,11,14-15H,9-10,18H2,1-4H3,(H,19,21). The first-order chi connectivity index (χ1) is 10.8. The highest BCUT2D eigenvalue weighted by molar-refractivity contribution is 5.83. The fraction of sp³-hybridized carbons (Fsp3) is 0.529. The number of rotatable bonds is 8. The van der Waals surface area contributed by atoms with Gasteiger partial charge in [0, 0.05) is 7.11 Å². The Labute approximate surface area is 137 Å². The number of nitrogens with two attached hydrogens (primary N) is 1. The van der Waals surface area contributed by atoms with E-state index >= 15 is 0 Å². The lowest BCUT2D eigenvalue weighted by Crippen LogP contribution is -2.45. The molecule has 128 valence electrons. The third kappa shape index (κ3) is 6.80. The first kappa shape index (κ1) is 19.1. The van der Waals surface area contributed by atoms with Gasteiger partial charge < -0.3 is 20.5 Å². The first-order valence-electron chi connectivity index (χ1n) is 7.64. The predicted octanol–water partition coefficient (Wildman–Crippen LogP) is 1.47. The molecule has 1 aromatic carbocycles. The minimum absolute atomic E-state index is 0.0483. The molecule has 2 unspecified atom stereocenters. The van der Waals surface area contributed by atoms with Crippen LogP contribution < -0.4 is 11.1 Å². The predicted molar refractivity (Wildman–Crippen MR) is 87.8 cm³/mol. The minimum atomic E-state index is -0.783. The maximum Gasteiger partial charge on any atom is 0.308 e. The molecule has 0 aliphatic heterocycles. The Kier molecular flexibility index (Phi) is 7.71. The quantitative estimate of drug-likeness (QED) is 0.707. The molecular formula is C17H26N2O4. The van der Waals surface area contributed by atoms with Gasteiger partial charge in [-0.25, -0.2) is 0 Å². The number of esters is 1. The van der Waals surface area contributed by atoms with E-state index in [4.69, 9.17) is 15.2 Å². The Morgan fingerprint density at radius 2 is 1.83 bits per heavy atom. The van der Waals surface area contributed by atoms with Gasteiger partial charge in [0.1, 0.15) is 6.04 Å². The number of aryl methyl sites for hydroxylation is 1. The molecule has 0 saturated heterocycles. The summed E-state index contributed by atoms with van der Waals surface area (Å²) in [6.45, 7) is 5.65. The van der Waals surface area contributed by atoms with Gasteiger partial charge in [-0.2, -0.15) is 0 Å². The van der Waals surface area contributed by atoms with E-state index < -0.39 is 12.1 Å². The van der Waals surface area contributed by atoms with Gasteiger partial charge in [-0.15, -0.1) is 0 Å². The fourth-order valence-corrected chi connectivity index (χ4v) is 2.06. The molecule has 6 heteroatoms. The summed E-state index contributed by atoms with van der Waals surface area (Å²) >= 11 is 0. The van der Waals surface area contributed by atoms with Crippen molar-refractivity contribution in [3.63, 3.8) is 0 Å². The van der Waals surface area contributed by atoms with Crippen LogP contribution in [0.5, 0.6) is 0 Å². The van der Waals surface area contributed by atoms with Gasteiger partial charge in [-0.05, 0) is 26.3 Å². The monoisotopic (exact) mass is 322 g/mol. The van der Waals surface area contributed by atoms with Gasteiger partial charge in [-0.3, -0.25) is 9.59 Å². The second kappa shape index (κ2) is 9.27. The Morgan fingerprint density at radius 1 is 1.22 bits per heavy atom. The normalized spacial score (nSPS) is 13.5. The molecule has 0 saturated carbocycles. The van der Waals surface area contributed by atoms with E-state index in [0.717, 1.165) is 11.1 Å². The summed E-state index contributed by atoms with van der Waals surface area (Å²) in [6.07, 6.45) is -0.153. The molecule has 0 spiro atoms. The van der Waals surface area contributed by atoms with Crippen molar-refractivity contribution < 1.29 is 19.1 Å². The van der Waals surface area contributed by atoms with Crippen LogP contribution >= 0.6 is 0 Å². The van der Waals surface area contributed by atoms with Gasteiger partial charge in [0.2, 0.25) is 5.91 Å². The van der Waals surface area contributed by atoms with Gasteiger partial charge >= 0.3 is 5.97 Å². The van der Waals surface area contributed by atoms with E-state index in [1.807, 2.05) is 31.2 Å². The SMILES string of the molecule is COCC(N)C(=O)NC(CC(=O)OC(C)C)c1ccc(C)cc1. The van der Waals surface area contributed by atoms with Crippen molar-refractivity contribution >= 4 is 11.9 Å². The molecule has 1 rings (SSSR count). The molecular weight excluding hydrogens is 296 g/mol. The van der Waals surface area contributed by atoms with E-state index in [1.54, 1.807) is 13.8 Å². The third-order valence-electron chi connectivity index (χ3n) is 3.22. The summed E-state index contributed by atoms with van der Waals surface area (Å²) < 4.78 is 10.1. The van der Waals surface area contributed by atoms with Crippen molar-refractivity contribution in [1.82, 2.24) is 5.32 Å². The molecule has 0 heterocycles. The van der Waals surface area contributed by atoms with Crippen LogP contribution in [0.2, 0.25) is 0 Å². The molecule has 6 nitrogen and oxygen atoms in total. The highest BCUT2D eigenvalue weighted by Crippen LogP contribution is 2.19. The largest absolute Gasteiger partial charge is 0.463 e. The highest BCUT2D eigenvalue weighted by Gasteiger charge is 2.22. The van der Waals surface area contributed by atoms with E-state index in [1.165, 1.54) is 7.11 Å². The topological polar surface area (TPSA) is 90.6 Å². The molecule has 2 atom stereocenters. The number of carbonyl (C=O) groups excluding carboxylic acids is 2. The zero-order chi connectivity index (χ0) is 17.4. The second-order valence-electron chi connectivity index (χ2n) is 5.78. The smallest absolute Gasteiger partial charge is 0.308 e. The third-order valence-corrected chi connectivity index (χ3v) is 3.22. The van der Waals surface area contributed by atoms with Gasteiger partial charge in [0.15, 0.2) is 0 Å². The fourth-order valence-electron chi connectivity index (χ4n) is 2.06. The van der Waals surface area contributed by atoms with E-state index in [9.17, 15) is 9.59 Å². The zero-order valence-electron chi connectivity index (χ0n) is 14.2. The van der Waals surface area contributed by atoms with Crippen molar-refractivity contribution in [2.75, 3.05) is 13.7 Å². The molecule has 3 N–H and O–H groups in total. The van der Waals surface area contributed by atoms with Gasteiger partial charge in [0.05, 0.1) is 25.2 Å². The lowest BCUT2D eigenvalue weighted by atomic mass is 10.0. The van der Waals surface area contributed by atoms with Crippen molar-refractivity contribution in [1.29, 1.82) is 0 Å². The van der Waals surface area contributed by atoms with E-state index in [2.05, 4.69) is 5.32 Å². The molecule has 0 aromatic heterocycles. The number of carbonyl (C=O) groups is 2. The number of nitrogens with one attached hydrogen (secondary N) is 1. The van der Waals surface area contributed by atoms with Gasteiger partial charge in [0.25, 0.3) is 0 Å². The molecule has 0 aliphatic rings. The second-order valence-corrected chi connectivity index (χ2v) is 5.78. The summed E-state index contributed by atoms with van der Waals surface area (Å²) in [5, 5.41) is 2.80. The summed E-state index contributed by atoms with van der Waals surface area (Å²) in [5.74, 6) is -0.735. The Balaban J connectivity index is 2.85. The maximum absolute atomic E-state index is 12.1. The summed E-state index contributed by atoms with van der Waals surface area (Å²) in [5.41, 5.74) is 7.66. The lowest BCUT2D eigenvalue weighted by molar-refractivity contribution is -0.148. The van der Waals surface area contributed by atoms with Crippen LogP contribution in [0, 0.1) is 6.92 Å². The molecule has 0 fully saturated rings. The van der Waals surface area contributed by atoms with Crippen LogP contribution in [-0.4, -0.2) is 37.7 Å². The van der Waals surface area contributed by atoms with Crippen molar-refractivity contribution in [3.8, 4) is 0 Å². The molecule has 1 amide bonds. The zero-order valence-corrected chi connectivity index (χ0v) is 14.2. The average molecular weight is 322 g/mol. The molecule has 0 bridgehead atoms. The molecule has 0 radical (unpaired) electrons. The van der Waals surface area contributed by atoms with Crippen LogP contribution in [0.1, 0.15) is 37.4 Å². The molecule has 1 aromatic rings. The Bertz CT molecular complexity index is 514. The van der Waals surface area contributed by atoms with Gasteiger partial charge in [-0.1, -0.05) is 29.8 Å². The molecule has 23 heavy (non-hydrogen) atoms. The molecule has 0 aliphatic carbocycles. The van der Waals surface area contributed by atoms with Crippen molar-refractivity contribution in [3.05, 3.63) is 35.4 Å². The Morgan fingerprint density at radius 3 is 2.35 bits per heavy atom. The van der Waals surface area contributed by atoms with Crippen LogP contribution in [0.4, 0.5) is 0 Å².